The Bertz CT molecular complexity index is 1350. The number of ether oxygens (including phenoxy) is 3. The number of methoxy groups -OCH3 is 2. The van der Waals surface area contributed by atoms with E-state index in [1.54, 1.807) is 24.4 Å². The fraction of sp³-hybridized carbons (Fsp3) is 0.111. The van der Waals surface area contributed by atoms with Crippen molar-refractivity contribution in [3.05, 3.63) is 98.4 Å². The quantitative estimate of drug-likeness (QED) is 0.181. The lowest BCUT2D eigenvalue weighted by atomic mass is 10.1. The van der Waals surface area contributed by atoms with E-state index in [0.717, 1.165) is 25.5 Å². The molecule has 0 saturated carbocycles. The molecule has 1 amide bonds. The fourth-order valence-electron chi connectivity index (χ4n) is 3.53. The first-order valence-electron chi connectivity index (χ1n) is 10.6. The van der Waals surface area contributed by atoms with Gasteiger partial charge in [0.1, 0.15) is 23.9 Å². The molecule has 0 spiro atoms. The Hall–Kier alpha value is -3.36. The summed E-state index contributed by atoms with van der Waals surface area (Å²) in [5, 5.41) is 6.42. The average Bonchev–Trinajstić information content (AvgIpc) is 2.87. The average molecular weight is 598 g/mol. The Labute approximate surface area is 220 Å². The number of nitrogens with zero attached hydrogens (tertiary/aromatic N) is 1. The molecule has 4 aromatic carbocycles. The van der Waals surface area contributed by atoms with E-state index in [4.69, 9.17) is 14.2 Å². The number of carbonyl (C=O) groups is 1. The number of rotatable bonds is 8. The summed E-state index contributed by atoms with van der Waals surface area (Å²) in [7, 11) is 3.06. The molecule has 4 aromatic rings. The minimum atomic E-state index is -0.383. The molecule has 0 aliphatic carbocycles. The number of fused-ring (bicyclic) bond motifs is 1. The standard InChI is InChI=1S/C27H22Br2N2O4/c1-33-21-12-20(13-22(14-21)34-2)27(32)31-30-15-17-10-24(28)26(25(29)11-17)35-16-19-8-5-7-18-6-3-4-9-23(18)19/h3-15H,16H2,1-2H3,(H,31,32)/b30-15-. The molecule has 1 N–H and O–H groups in total. The molecule has 0 aliphatic rings. The molecule has 0 aliphatic heterocycles. The van der Waals surface area contributed by atoms with Gasteiger partial charge in [0, 0.05) is 11.6 Å². The third-order valence-corrected chi connectivity index (χ3v) is 6.44. The molecule has 0 heterocycles. The highest BCUT2D eigenvalue weighted by atomic mass is 79.9. The van der Waals surface area contributed by atoms with Crippen LogP contribution in [0.25, 0.3) is 10.8 Å². The lowest BCUT2D eigenvalue weighted by molar-refractivity contribution is 0.0954. The summed E-state index contributed by atoms with van der Waals surface area (Å²) in [5.41, 5.74) is 4.77. The van der Waals surface area contributed by atoms with Gasteiger partial charge in [0.05, 0.1) is 29.4 Å². The van der Waals surface area contributed by atoms with E-state index in [9.17, 15) is 4.79 Å². The van der Waals surface area contributed by atoms with E-state index >= 15 is 0 Å². The summed E-state index contributed by atoms with van der Waals surface area (Å²) in [6.07, 6.45) is 1.55. The summed E-state index contributed by atoms with van der Waals surface area (Å²) in [6.45, 7) is 0.423. The SMILES string of the molecule is COc1cc(OC)cc(C(=O)N/N=C\c2cc(Br)c(OCc3cccc4ccccc34)c(Br)c2)c1. The number of hydrogen-bond donors (Lipinski definition) is 1. The van der Waals surface area contributed by atoms with Crippen molar-refractivity contribution in [2.45, 2.75) is 6.61 Å². The molecule has 178 valence electrons. The molecule has 0 bridgehead atoms. The number of benzene rings is 4. The van der Waals surface area contributed by atoms with Gasteiger partial charge in [0.25, 0.3) is 5.91 Å². The number of hydrazone groups is 1. The van der Waals surface area contributed by atoms with Crippen molar-refractivity contribution < 1.29 is 19.0 Å². The Morgan fingerprint density at radius 3 is 2.26 bits per heavy atom. The van der Waals surface area contributed by atoms with Crippen molar-refractivity contribution in [2.24, 2.45) is 5.10 Å². The van der Waals surface area contributed by atoms with Crippen LogP contribution >= 0.6 is 31.9 Å². The number of halogens is 2. The van der Waals surface area contributed by atoms with E-state index < -0.39 is 0 Å². The van der Waals surface area contributed by atoms with Crippen molar-refractivity contribution in [1.29, 1.82) is 0 Å². The van der Waals surface area contributed by atoms with Crippen LogP contribution in [0, 0.1) is 0 Å². The third-order valence-electron chi connectivity index (χ3n) is 5.27. The number of nitrogens with one attached hydrogen (secondary N) is 1. The Morgan fingerprint density at radius 2 is 1.57 bits per heavy atom. The van der Waals surface area contributed by atoms with Crippen molar-refractivity contribution in [2.75, 3.05) is 14.2 Å². The van der Waals surface area contributed by atoms with Crippen LogP contribution < -0.4 is 19.6 Å². The van der Waals surface area contributed by atoms with Crippen LogP contribution in [0.5, 0.6) is 17.2 Å². The minimum absolute atomic E-state index is 0.373. The van der Waals surface area contributed by atoms with Crippen molar-refractivity contribution in [1.82, 2.24) is 5.43 Å². The van der Waals surface area contributed by atoms with Gasteiger partial charge < -0.3 is 14.2 Å². The smallest absolute Gasteiger partial charge is 0.271 e. The summed E-state index contributed by atoms with van der Waals surface area (Å²) in [4.78, 5) is 12.5. The van der Waals surface area contributed by atoms with Gasteiger partial charge in [-0.15, -0.1) is 0 Å². The van der Waals surface area contributed by atoms with E-state index in [0.29, 0.717) is 29.4 Å². The maximum Gasteiger partial charge on any atom is 0.271 e. The van der Waals surface area contributed by atoms with Crippen LogP contribution in [0.15, 0.2) is 86.8 Å². The lowest BCUT2D eigenvalue weighted by Gasteiger charge is -2.13. The van der Waals surface area contributed by atoms with Gasteiger partial charge in [-0.3, -0.25) is 4.79 Å². The Morgan fingerprint density at radius 1 is 0.914 bits per heavy atom. The van der Waals surface area contributed by atoms with E-state index in [1.165, 1.54) is 19.6 Å². The van der Waals surface area contributed by atoms with Crippen LogP contribution in [0.1, 0.15) is 21.5 Å². The minimum Gasteiger partial charge on any atom is -0.497 e. The molecule has 0 atom stereocenters. The largest absolute Gasteiger partial charge is 0.497 e. The molecular weight excluding hydrogens is 576 g/mol. The lowest BCUT2D eigenvalue weighted by Crippen LogP contribution is -2.17. The summed E-state index contributed by atoms with van der Waals surface area (Å²) in [5.74, 6) is 1.34. The zero-order valence-electron chi connectivity index (χ0n) is 19.0. The number of hydrogen-bond acceptors (Lipinski definition) is 5. The molecule has 8 heteroatoms. The second-order valence-corrected chi connectivity index (χ2v) is 9.25. The second-order valence-electron chi connectivity index (χ2n) is 7.54. The molecule has 35 heavy (non-hydrogen) atoms. The molecular formula is C27H22Br2N2O4. The predicted molar refractivity (Wildman–Crippen MR) is 145 cm³/mol. The molecule has 6 nitrogen and oxygen atoms in total. The van der Waals surface area contributed by atoms with E-state index in [-0.39, 0.29) is 5.91 Å². The maximum atomic E-state index is 12.5. The molecule has 0 saturated heterocycles. The molecule has 0 radical (unpaired) electrons. The van der Waals surface area contributed by atoms with Crippen LogP contribution in [0.2, 0.25) is 0 Å². The highest BCUT2D eigenvalue weighted by molar-refractivity contribution is 9.11. The first kappa shape index (κ1) is 24.8. The van der Waals surface area contributed by atoms with Gasteiger partial charge in [-0.05, 0) is 78.0 Å². The third kappa shape index (κ3) is 6.01. The topological polar surface area (TPSA) is 69.2 Å². The Kier molecular flexibility index (Phi) is 8.05. The zero-order chi connectivity index (χ0) is 24.8. The molecule has 4 rings (SSSR count). The van der Waals surface area contributed by atoms with Gasteiger partial charge in [-0.25, -0.2) is 5.43 Å². The van der Waals surface area contributed by atoms with Crippen LogP contribution in [-0.4, -0.2) is 26.3 Å². The Balaban J connectivity index is 1.44. The van der Waals surface area contributed by atoms with Crippen LogP contribution in [0.3, 0.4) is 0 Å². The van der Waals surface area contributed by atoms with Gasteiger partial charge in [-0.2, -0.15) is 5.10 Å². The van der Waals surface area contributed by atoms with E-state index in [2.05, 4.69) is 66.7 Å². The normalized spacial score (nSPS) is 11.0. The van der Waals surface area contributed by atoms with Gasteiger partial charge >= 0.3 is 0 Å². The fourth-order valence-corrected chi connectivity index (χ4v) is 4.98. The van der Waals surface area contributed by atoms with Crippen molar-refractivity contribution >= 4 is 54.8 Å². The zero-order valence-corrected chi connectivity index (χ0v) is 22.2. The first-order chi connectivity index (χ1) is 17.0. The predicted octanol–water partition coefficient (Wildman–Crippen LogP) is 6.72. The molecule has 0 aromatic heterocycles. The second kappa shape index (κ2) is 11.4. The highest BCUT2D eigenvalue weighted by Crippen LogP contribution is 2.35. The van der Waals surface area contributed by atoms with Gasteiger partial charge in [0.15, 0.2) is 0 Å². The van der Waals surface area contributed by atoms with Crippen molar-refractivity contribution in [3.63, 3.8) is 0 Å². The number of amides is 1. The summed E-state index contributed by atoms with van der Waals surface area (Å²) in [6, 6.07) is 23.1. The monoisotopic (exact) mass is 596 g/mol. The highest BCUT2D eigenvalue weighted by Gasteiger charge is 2.11. The summed E-state index contributed by atoms with van der Waals surface area (Å²) < 4.78 is 18.1. The molecule has 0 unspecified atom stereocenters. The van der Waals surface area contributed by atoms with E-state index in [1.807, 2.05) is 30.3 Å². The van der Waals surface area contributed by atoms with Crippen LogP contribution in [0.4, 0.5) is 0 Å². The van der Waals surface area contributed by atoms with Crippen molar-refractivity contribution in [3.8, 4) is 17.2 Å². The van der Waals surface area contributed by atoms with Crippen LogP contribution in [-0.2, 0) is 6.61 Å². The summed E-state index contributed by atoms with van der Waals surface area (Å²) >= 11 is 7.16. The molecule has 0 fully saturated rings. The number of carbonyl (C=O) groups excluding carboxylic acids is 1. The maximum absolute atomic E-state index is 12.5. The van der Waals surface area contributed by atoms with Gasteiger partial charge in [-0.1, -0.05) is 42.5 Å². The first-order valence-corrected chi connectivity index (χ1v) is 12.2. The van der Waals surface area contributed by atoms with Gasteiger partial charge in [0.2, 0.25) is 0 Å².